The molecule has 0 saturated heterocycles. The average molecular weight is 715 g/mol. The summed E-state index contributed by atoms with van der Waals surface area (Å²) in [6.45, 7) is 0. The van der Waals surface area contributed by atoms with Gasteiger partial charge in [0.1, 0.15) is 22.6 Å². The van der Waals surface area contributed by atoms with Gasteiger partial charge in [-0.25, -0.2) is 17.9 Å². The first kappa shape index (κ1) is 26.9. The average Bonchev–Trinajstić information content (AvgIpc) is 3.31. The molecule has 0 aliphatic carbocycles. The maximum Gasteiger partial charge on any atom is 0.164 e. The van der Waals surface area contributed by atoms with E-state index in [1.807, 2.05) is 28.7 Å². The van der Waals surface area contributed by atoms with Crippen LogP contribution in [-0.2, 0) is 0 Å². The second kappa shape index (κ2) is 12.8. The number of nitrogens with zero attached hydrogens (tertiary/aromatic N) is 5. The van der Waals surface area contributed by atoms with Gasteiger partial charge in [0.2, 0.25) is 0 Å². The van der Waals surface area contributed by atoms with Crippen LogP contribution in [0.3, 0.4) is 0 Å². The molecule has 0 unspecified atom stereocenters. The molecule has 0 amide bonds. The molecule has 33 heavy (non-hydrogen) atoms. The Morgan fingerprint density at radius 3 is 1.79 bits per heavy atom. The Labute approximate surface area is 223 Å². The van der Waals surface area contributed by atoms with Gasteiger partial charge in [0.05, 0.1) is 42.3 Å². The molecule has 0 saturated carbocycles. The molecule has 2 aromatic heterocycles. The van der Waals surface area contributed by atoms with Crippen molar-refractivity contribution >= 4 is 68.4 Å². The number of nitriles is 2. The Morgan fingerprint density at radius 1 is 0.848 bits per heavy atom. The Kier molecular flexibility index (Phi) is 10.4. The minimum absolute atomic E-state index is 0.00231. The van der Waals surface area contributed by atoms with Gasteiger partial charge in [0.15, 0.2) is 5.15 Å². The van der Waals surface area contributed by atoms with Gasteiger partial charge < -0.3 is 0 Å². The fraction of sp³-hybridized carbons (Fsp3) is 0. The lowest BCUT2D eigenvalue weighted by Crippen LogP contribution is -1.96. The first-order chi connectivity index (χ1) is 15.6. The fourth-order valence-electron chi connectivity index (χ4n) is 2.11. The molecule has 4 aromatic rings. The third-order valence-corrected chi connectivity index (χ3v) is 6.26. The van der Waals surface area contributed by atoms with E-state index in [0.717, 1.165) is 25.3 Å². The van der Waals surface area contributed by atoms with Crippen LogP contribution in [-0.4, -0.2) is 20.0 Å². The summed E-state index contributed by atoms with van der Waals surface area (Å²) in [5.41, 5.74) is 0.718. The fourth-order valence-corrected chi connectivity index (χ4v) is 2.97. The summed E-state index contributed by atoms with van der Waals surface area (Å²) in [6, 6.07) is 10.2. The highest BCUT2D eigenvalue weighted by Crippen LogP contribution is 2.19. The van der Waals surface area contributed by atoms with E-state index in [9.17, 15) is 13.2 Å². The zero-order valence-corrected chi connectivity index (χ0v) is 21.8. The van der Waals surface area contributed by atoms with E-state index < -0.39 is 17.5 Å². The van der Waals surface area contributed by atoms with Crippen molar-refractivity contribution in [2.24, 2.45) is 0 Å². The highest BCUT2D eigenvalue weighted by atomic mass is 127. The Bertz CT molecular complexity index is 1290. The highest BCUT2D eigenvalue weighted by molar-refractivity contribution is 14.1. The minimum atomic E-state index is -0.725. The van der Waals surface area contributed by atoms with Crippen LogP contribution in [0.4, 0.5) is 13.2 Å². The van der Waals surface area contributed by atoms with Crippen LogP contribution in [0, 0.1) is 47.3 Å². The van der Waals surface area contributed by atoms with Gasteiger partial charge in [-0.05, 0) is 75.5 Å². The van der Waals surface area contributed by atoms with E-state index in [1.165, 1.54) is 16.8 Å². The standard InChI is InChI=1S/C10H4ClFIN3.C7H3F2N.C3H2ClIN2/c11-10-9(13)5-16(15-10)8-2-6(4-14)1-7(12)3-8;8-6-1-5(4-10)2-7(9)3-6;4-3-2(5)1-6-7-3/h1-3,5H;1-3H;1H,(H,6,7). The second-order valence-electron chi connectivity index (χ2n) is 5.82. The van der Waals surface area contributed by atoms with E-state index in [1.54, 1.807) is 24.5 Å². The smallest absolute Gasteiger partial charge is 0.164 e. The molecule has 168 valence electrons. The number of hydrogen-bond acceptors (Lipinski definition) is 4. The predicted octanol–water partition coefficient (Wildman–Crippen LogP) is 6.65. The van der Waals surface area contributed by atoms with Crippen molar-refractivity contribution in [3.8, 4) is 17.8 Å². The largest absolute Gasteiger partial charge is 0.266 e. The van der Waals surface area contributed by atoms with Crippen LogP contribution in [0.25, 0.3) is 5.69 Å². The van der Waals surface area contributed by atoms with Crippen molar-refractivity contribution < 1.29 is 13.2 Å². The number of benzene rings is 2. The molecule has 0 spiro atoms. The summed E-state index contributed by atoms with van der Waals surface area (Å²) in [7, 11) is 0. The molecular weight excluding hydrogens is 706 g/mol. The molecule has 6 nitrogen and oxygen atoms in total. The zero-order valence-electron chi connectivity index (χ0n) is 16.0. The molecule has 4 rings (SSSR count). The van der Waals surface area contributed by atoms with Gasteiger partial charge in [-0.3, -0.25) is 5.10 Å². The zero-order chi connectivity index (χ0) is 24.5. The first-order valence-electron chi connectivity index (χ1n) is 8.45. The van der Waals surface area contributed by atoms with Crippen LogP contribution in [0.15, 0.2) is 48.8 Å². The van der Waals surface area contributed by atoms with Crippen LogP contribution < -0.4 is 0 Å². The molecule has 0 radical (unpaired) electrons. The lowest BCUT2D eigenvalue weighted by molar-refractivity contribution is 0.582. The molecule has 0 fully saturated rings. The molecule has 2 heterocycles. The van der Waals surface area contributed by atoms with Crippen molar-refractivity contribution in [1.29, 1.82) is 10.5 Å². The van der Waals surface area contributed by atoms with Crippen LogP contribution in [0.2, 0.25) is 10.3 Å². The van der Waals surface area contributed by atoms with Gasteiger partial charge in [0.25, 0.3) is 0 Å². The van der Waals surface area contributed by atoms with Crippen molar-refractivity contribution in [2.45, 2.75) is 0 Å². The summed E-state index contributed by atoms with van der Waals surface area (Å²) in [5, 5.41) is 28.1. The molecule has 0 aliphatic rings. The predicted molar refractivity (Wildman–Crippen MR) is 133 cm³/mol. The number of H-pyrrole nitrogens is 1. The molecule has 0 aliphatic heterocycles. The van der Waals surface area contributed by atoms with Gasteiger partial charge in [-0.1, -0.05) is 23.2 Å². The third-order valence-electron chi connectivity index (χ3n) is 3.45. The summed E-state index contributed by atoms with van der Waals surface area (Å²) in [6.07, 6.45) is 3.34. The van der Waals surface area contributed by atoms with E-state index in [-0.39, 0.29) is 11.1 Å². The summed E-state index contributed by atoms with van der Waals surface area (Å²) in [5.74, 6) is -1.93. The molecule has 2 aromatic carbocycles. The van der Waals surface area contributed by atoms with Gasteiger partial charge in [0, 0.05) is 12.3 Å². The first-order valence-corrected chi connectivity index (χ1v) is 11.4. The van der Waals surface area contributed by atoms with Crippen LogP contribution >= 0.6 is 68.4 Å². The summed E-state index contributed by atoms with van der Waals surface area (Å²) < 4.78 is 40.8. The topological polar surface area (TPSA) is 94.1 Å². The van der Waals surface area contributed by atoms with Crippen molar-refractivity contribution in [1.82, 2.24) is 20.0 Å². The van der Waals surface area contributed by atoms with Gasteiger partial charge in [-0.15, -0.1) is 0 Å². The monoisotopic (exact) mass is 714 g/mol. The van der Waals surface area contributed by atoms with E-state index in [0.29, 0.717) is 16.0 Å². The van der Waals surface area contributed by atoms with Crippen molar-refractivity contribution in [3.63, 3.8) is 0 Å². The van der Waals surface area contributed by atoms with Gasteiger partial charge in [-0.2, -0.15) is 20.7 Å². The molecule has 1 N–H and O–H groups in total. The lowest BCUT2D eigenvalue weighted by atomic mass is 10.2. The maximum absolute atomic E-state index is 13.2. The Hall–Kier alpha value is -2.33. The summed E-state index contributed by atoms with van der Waals surface area (Å²) in [4.78, 5) is 0. The quantitative estimate of drug-likeness (QED) is 0.224. The van der Waals surface area contributed by atoms with Gasteiger partial charge >= 0.3 is 0 Å². The number of hydrogen-bond donors (Lipinski definition) is 1. The lowest BCUT2D eigenvalue weighted by Gasteiger charge is -2.01. The number of rotatable bonds is 1. The molecular formula is C20H9Cl2F3I2N6. The van der Waals surface area contributed by atoms with E-state index in [4.69, 9.17) is 33.7 Å². The molecule has 0 atom stereocenters. The number of halogens is 7. The molecule has 0 bridgehead atoms. The maximum atomic E-state index is 13.2. The Morgan fingerprint density at radius 2 is 1.39 bits per heavy atom. The van der Waals surface area contributed by atoms with Crippen molar-refractivity contribution in [3.05, 3.63) is 94.8 Å². The number of nitrogens with one attached hydrogen (secondary N) is 1. The highest BCUT2D eigenvalue weighted by Gasteiger charge is 2.07. The normalized spacial score (nSPS) is 9.61. The Balaban J connectivity index is 0.000000193. The SMILES string of the molecule is Clc1[nH]ncc1I.N#Cc1cc(F)cc(-n2cc(I)c(Cl)n2)c1.N#Cc1cc(F)cc(F)c1. The van der Waals surface area contributed by atoms with Crippen molar-refractivity contribution in [2.75, 3.05) is 0 Å². The van der Waals surface area contributed by atoms with E-state index >= 15 is 0 Å². The van der Waals surface area contributed by atoms with E-state index in [2.05, 4.69) is 37.9 Å². The number of aromatic nitrogens is 4. The van der Waals surface area contributed by atoms with Crippen LogP contribution in [0.1, 0.15) is 11.1 Å². The second-order valence-corrected chi connectivity index (χ2v) is 8.88. The summed E-state index contributed by atoms with van der Waals surface area (Å²) >= 11 is 15.4. The third kappa shape index (κ3) is 8.51. The van der Waals surface area contributed by atoms with Crippen LogP contribution in [0.5, 0.6) is 0 Å². The molecule has 13 heteroatoms. The number of aromatic amines is 1. The minimum Gasteiger partial charge on any atom is -0.266 e.